The van der Waals surface area contributed by atoms with E-state index in [1.165, 1.54) is 0 Å². The third-order valence-corrected chi connectivity index (χ3v) is 4.33. The lowest BCUT2D eigenvalue weighted by molar-refractivity contribution is 0.0697. The van der Waals surface area contributed by atoms with Gasteiger partial charge in [-0.2, -0.15) is 5.10 Å². The molecule has 26 heavy (non-hydrogen) atoms. The Bertz CT molecular complexity index is 898. The number of rotatable bonds is 7. The first kappa shape index (κ1) is 17.9. The van der Waals surface area contributed by atoms with E-state index in [0.717, 1.165) is 47.7 Å². The molecule has 0 unspecified atom stereocenters. The van der Waals surface area contributed by atoms with Gasteiger partial charge in [-0.3, -0.25) is 0 Å². The summed E-state index contributed by atoms with van der Waals surface area (Å²) in [4.78, 5) is 16.0. The quantitative estimate of drug-likeness (QED) is 0.694. The SMILES string of the molecule is CCCn1nc(CC)nc1Cc1ccc(-c2ccccc2C(=O)O)cc1. The van der Waals surface area contributed by atoms with Crippen LogP contribution >= 0.6 is 0 Å². The van der Waals surface area contributed by atoms with Crippen LogP contribution in [-0.2, 0) is 19.4 Å². The van der Waals surface area contributed by atoms with Crippen molar-refractivity contribution in [1.29, 1.82) is 0 Å². The number of carboxylic acids is 1. The van der Waals surface area contributed by atoms with Crippen molar-refractivity contribution >= 4 is 5.97 Å². The average molecular weight is 349 g/mol. The Labute approximate surface area is 153 Å². The van der Waals surface area contributed by atoms with Crippen LogP contribution in [0.4, 0.5) is 0 Å². The van der Waals surface area contributed by atoms with Gasteiger partial charge in [0.1, 0.15) is 5.82 Å². The minimum Gasteiger partial charge on any atom is -0.478 e. The minimum atomic E-state index is -0.913. The number of hydrogen-bond acceptors (Lipinski definition) is 3. The summed E-state index contributed by atoms with van der Waals surface area (Å²) in [6.45, 7) is 5.06. The number of carbonyl (C=O) groups is 1. The molecule has 0 radical (unpaired) electrons. The molecule has 0 aliphatic heterocycles. The van der Waals surface area contributed by atoms with Crippen molar-refractivity contribution in [3.63, 3.8) is 0 Å². The second kappa shape index (κ2) is 7.95. The summed E-state index contributed by atoms with van der Waals surface area (Å²) >= 11 is 0. The molecule has 1 heterocycles. The summed E-state index contributed by atoms with van der Waals surface area (Å²) in [5.41, 5.74) is 3.08. The Morgan fingerprint density at radius 3 is 2.46 bits per heavy atom. The highest BCUT2D eigenvalue weighted by Gasteiger charge is 2.12. The lowest BCUT2D eigenvalue weighted by atomic mass is 9.98. The van der Waals surface area contributed by atoms with E-state index in [2.05, 4.69) is 23.9 Å². The predicted octanol–water partition coefficient (Wildman–Crippen LogP) is 4.21. The van der Waals surface area contributed by atoms with Crippen molar-refractivity contribution in [2.24, 2.45) is 0 Å². The molecule has 0 saturated heterocycles. The van der Waals surface area contributed by atoms with Crippen LogP contribution in [0.2, 0.25) is 0 Å². The summed E-state index contributed by atoms with van der Waals surface area (Å²) in [6, 6.07) is 15.1. The molecule has 0 atom stereocenters. The van der Waals surface area contributed by atoms with Crippen LogP contribution < -0.4 is 0 Å². The van der Waals surface area contributed by atoms with Crippen LogP contribution in [0.25, 0.3) is 11.1 Å². The molecule has 0 spiro atoms. The van der Waals surface area contributed by atoms with Gasteiger partial charge in [0.05, 0.1) is 5.56 Å². The van der Waals surface area contributed by atoms with Gasteiger partial charge in [-0.05, 0) is 29.2 Å². The van der Waals surface area contributed by atoms with Crippen LogP contribution in [0, 0.1) is 0 Å². The van der Waals surface area contributed by atoms with Crippen molar-refractivity contribution < 1.29 is 9.90 Å². The Balaban J connectivity index is 1.85. The summed E-state index contributed by atoms with van der Waals surface area (Å²) in [5, 5.41) is 13.9. The first-order valence-corrected chi connectivity index (χ1v) is 8.96. The van der Waals surface area contributed by atoms with E-state index in [1.54, 1.807) is 12.1 Å². The first-order valence-electron chi connectivity index (χ1n) is 8.96. The fourth-order valence-electron chi connectivity index (χ4n) is 3.00. The van der Waals surface area contributed by atoms with Gasteiger partial charge in [-0.15, -0.1) is 0 Å². The molecule has 134 valence electrons. The predicted molar refractivity (Wildman–Crippen MR) is 101 cm³/mol. The smallest absolute Gasteiger partial charge is 0.336 e. The minimum absolute atomic E-state index is 0.315. The zero-order valence-corrected chi connectivity index (χ0v) is 15.1. The van der Waals surface area contributed by atoms with E-state index in [-0.39, 0.29) is 0 Å². The molecule has 0 fully saturated rings. The monoisotopic (exact) mass is 349 g/mol. The maximum atomic E-state index is 11.4. The average Bonchev–Trinajstić information content (AvgIpc) is 3.04. The van der Waals surface area contributed by atoms with Gasteiger partial charge >= 0.3 is 5.97 Å². The van der Waals surface area contributed by atoms with Gasteiger partial charge in [-0.1, -0.05) is 56.3 Å². The summed E-state index contributed by atoms with van der Waals surface area (Å²) in [7, 11) is 0. The molecule has 5 nitrogen and oxygen atoms in total. The number of benzene rings is 2. The number of hydrogen-bond donors (Lipinski definition) is 1. The maximum Gasteiger partial charge on any atom is 0.336 e. The van der Waals surface area contributed by atoms with E-state index < -0.39 is 5.97 Å². The van der Waals surface area contributed by atoms with Gasteiger partial charge < -0.3 is 5.11 Å². The number of nitrogens with zero attached hydrogens (tertiary/aromatic N) is 3. The van der Waals surface area contributed by atoms with E-state index in [4.69, 9.17) is 0 Å². The van der Waals surface area contributed by atoms with E-state index >= 15 is 0 Å². The van der Waals surface area contributed by atoms with Gasteiger partial charge in [0.25, 0.3) is 0 Å². The van der Waals surface area contributed by atoms with E-state index in [0.29, 0.717) is 12.0 Å². The zero-order chi connectivity index (χ0) is 18.5. The fourth-order valence-corrected chi connectivity index (χ4v) is 3.00. The highest BCUT2D eigenvalue weighted by Crippen LogP contribution is 2.24. The molecular formula is C21H23N3O2. The molecule has 3 rings (SSSR count). The number of carboxylic acid groups (broad SMARTS) is 1. The number of aryl methyl sites for hydroxylation is 2. The van der Waals surface area contributed by atoms with Crippen LogP contribution in [0.15, 0.2) is 48.5 Å². The number of aromatic nitrogens is 3. The lowest BCUT2D eigenvalue weighted by Crippen LogP contribution is -2.06. The molecule has 0 bridgehead atoms. The largest absolute Gasteiger partial charge is 0.478 e. The van der Waals surface area contributed by atoms with Gasteiger partial charge in [0.15, 0.2) is 5.82 Å². The Morgan fingerprint density at radius 2 is 1.81 bits per heavy atom. The molecule has 0 aliphatic rings. The Morgan fingerprint density at radius 1 is 1.08 bits per heavy atom. The highest BCUT2D eigenvalue weighted by atomic mass is 16.4. The van der Waals surface area contributed by atoms with E-state index in [9.17, 15) is 9.90 Å². The lowest BCUT2D eigenvalue weighted by Gasteiger charge is -2.08. The molecule has 0 aliphatic carbocycles. The highest BCUT2D eigenvalue weighted by molar-refractivity contribution is 5.95. The van der Waals surface area contributed by atoms with Crippen molar-refractivity contribution in [2.75, 3.05) is 0 Å². The Hall–Kier alpha value is -2.95. The van der Waals surface area contributed by atoms with E-state index in [1.807, 2.05) is 41.1 Å². The van der Waals surface area contributed by atoms with Crippen LogP contribution in [0.5, 0.6) is 0 Å². The third-order valence-electron chi connectivity index (χ3n) is 4.33. The molecule has 5 heteroatoms. The van der Waals surface area contributed by atoms with Crippen molar-refractivity contribution in [1.82, 2.24) is 14.8 Å². The van der Waals surface area contributed by atoms with Gasteiger partial charge in [0.2, 0.25) is 0 Å². The summed E-state index contributed by atoms with van der Waals surface area (Å²) < 4.78 is 1.99. The standard InChI is InChI=1S/C21H23N3O2/c1-3-13-24-20(22-19(4-2)23-24)14-15-9-11-16(12-10-15)17-7-5-6-8-18(17)21(25)26/h5-12H,3-4,13-14H2,1-2H3,(H,25,26). The fraction of sp³-hybridized carbons (Fsp3) is 0.286. The number of aromatic carboxylic acids is 1. The topological polar surface area (TPSA) is 68.0 Å². The molecule has 2 aromatic carbocycles. The van der Waals surface area contributed by atoms with Crippen molar-refractivity contribution in [3.05, 3.63) is 71.3 Å². The normalized spacial score (nSPS) is 10.8. The van der Waals surface area contributed by atoms with Crippen LogP contribution in [0.1, 0.15) is 47.8 Å². The molecule has 3 aromatic rings. The summed E-state index contributed by atoms with van der Waals surface area (Å²) in [6.07, 6.45) is 2.56. The second-order valence-electron chi connectivity index (χ2n) is 6.25. The first-order chi connectivity index (χ1) is 12.6. The second-order valence-corrected chi connectivity index (χ2v) is 6.25. The molecule has 1 N–H and O–H groups in total. The molecule has 1 aromatic heterocycles. The van der Waals surface area contributed by atoms with Crippen molar-refractivity contribution in [2.45, 2.75) is 39.7 Å². The summed E-state index contributed by atoms with van der Waals surface area (Å²) in [5.74, 6) is 0.937. The Kier molecular flexibility index (Phi) is 5.46. The third kappa shape index (κ3) is 3.82. The van der Waals surface area contributed by atoms with Crippen LogP contribution in [-0.4, -0.2) is 25.8 Å². The molecular weight excluding hydrogens is 326 g/mol. The van der Waals surface area contributed by atoms with Crippen molar-refractivity contribution in [3.8, 4) is 11.1 Å². The van der Waals surface area contributed by atoms with Crippen LogP contribution in [0.3, 0.4) is 0 Å². The zero-order valence-electron chi connectivity index (χ0n) is 15.1. The molecule has 0 saturated carbocycles. The van der Waals surface area contributed by atoms with Gasteiger partial charge in [-0.25, -0.2) is 14.5 Å². The van der Waals surface area contributed by atoms with Gasteiger partial charge in [0, 0.05) is 19.4 Å². The molecule has 0 amide bonds. The maximum absolute atomic E-state index is 11.4.